The van der Waals surface area contributed by atoms with E-state index in [1.807, 2.05) is 0 Å². The average molecular weight is 376 g/mol. The van der Waals surface area contributed by atoms with Gasteiger partial charge in [0.05, 0.1) is 12.1 Å². The highest BCUT2D eigenvalue weighted by atomic mass is 79.9. The van der Waals surface area contributed by atoms with Crippen LogP contribution in [-0.4, -0.2) is 39.2 Å². The maximum absolute atomic E-state index is 12.6. The summed E-state index contributed by atoms with van der Waals surface area (Å²) in [5.74, 6) is 0.845. The van der Waals surface area contributed by atoms with Crippen LogP contribution in [0.1, 0.15) is 19.3 Å². The maximum Gasteiger partial charge on any atom is 0.244 e. The zero-order chi connectivity index (χ0) is 15.0. The van der Waals surface area contributed by atoms with Gasteiger partial charge in [-0.1, -0.05) is 0 Å². The van der Waals surface area contributed by atoms with Crippen molar-refractivity contribution in [2.24, 2.45) is 5.92 Å². The fraction of sp³-hybridized carbons (Fsp3) is 0.615. The van der Waals surface area contributed by atoms with Gasteiger partial charge in [-0.3, -0.25) is 0 Å². The molecule has 2 heterocycles. The minimum Gasteiger partial charge on any atom is -0.376 e. The van der Waals surface area contributed by atoms with Crippen LogP contribution in [0.3, 0.4) is 0 Å². The van der Waals surface area contributed by atoms with Crippen LogP contribution < -0.4 is 10.0 Å². The SMILES string of the molecule is CNc1ncc(Br)cc1S(=O)(=O)NC1CCOC1C1CC1. The summed E-state index contributed by atoms with van der Waals surface area (Å²) < 4.78 is 34.4. The fourth-order valence-electron chi connectivity index (χ4n) is 2.70. The quantitative estimate of drug-likeness (QED) is 0.818. The summed E-state index contributed by atoms with van der Waals surface area (Å²) in [6.45, 7) is 0.615. The normalized spacial score (nSPS) is 26.0. The van der Waals surface area contributed by atoms with Gasteiger partial charge in [0.1, 0.15) is 10.7 Å². The lowest BCUT2D eigenvalue weighted by Crippen LogP contribution is -2.41. The maximum atomic E-state index is 12.6. The Hall–Kier alpha value is -0.700. The summed E-state index contributed by atoms with van der Waals surface area (Å²) in [5, 5.41) is 2.82. The first-order chi connectivity index (χ1) is 10.0. The molecule has 6 nitrogen and oxygen atoms in total. The molecule has 0 spiro atoms. The number of ether oxygens (including phenoxy) is 1. The van der Waals surface area contributed by atoms with Crippen molar-refractivity contribution < 1.29 is 13.2 Å². The van der Waals surface area contributed by atoms with Gasteiger partial charge < -0.3 is 10.1 Å². The van der Waals surface area contributed by atoms with E-state index in [4.69, 9.17) is 4.74 Å². The highest BCUT2D eigenvalue weighted by Crippen LogP contribution is 2.39. The van der Waals surface area contributed by atoms with Gasteiger partial charge in [-0.05, 0) is 47.2 Å². The van der Waals surface area contributed by atoms with E-state index in [1.165, 1.54) is 0 Å². The molecular formula is C13H18BrN3O3S. The number of rotatable bonds is 5. The van der Waals surface area contributed by atoms with Crippen LogP contribution in [0.4, 0.5) is 5.82 Å². The number of nitrogens with one attached hydrogen (secondary N) is 2. The highest BCUT2D eigenvalue weighted by molar-refractivity contribution is 9.10. The van der Waals surface area contributed by atoms with E-state index < -0.39 is 10.0 Å². The Balaban J connectivity index is 1.85. The van der Waals surface area contributed by atoms with Gasteiger partial charge >= 0.3 is 0 Å². The first-order valence-electron chi connectivity index (χ1n) is 6.98. The highest BCUT2D eigenvalue weighted by Gasteiger charge is 2.42. The van der Waals surface area contributed by atoms with Crippen molar-refractivity contribution in [3.8, 4) is 0 Å². The zero-order valence-corrected chi connectivity index (χ0v) is 14.1. The van der Waals surface area contributed by atoms with Crippen molar-refractivity contribution in [1.29, 1.82) is 0 Å². The van der Waals surface area contributed by atoms with Gasteiger partial charge in [0.15, 0.2) is 0 Å². The standard InChI is InChI=1S/C13H18BrN3O3S/c1-15-13-11(6-9(14)7-16-13)21(18,19)17-10-4-5-20-12(10)8-2-3-8/h6-8,10,12,17H,2-5H2,1H3,(H,15,16). The molecule has 1 saturated heterocycles. The Bertz CT molecular complexity index is 634. The van der Waals surface area contributed by atoms with Crippen molar-refractivity contribution >= 4 is 31.8 Å². The number of pyridine rings is 1. The van der Waals surface area contributed by atoms with E-state index >= 15 is 0 Å². The van der Waals surface area contributed by atoms with Gasteiger partial charge in [0.25, 0.3) is 0 Å². The van der Waals surface area contributed by atoms with Crippen LogP contribution in [0, 0.1) is 5.92 Å². The van der Waals surface area contributed by atoms with Crippen molar-refractivity contribution in [2.75, 3.05) is 19.0 Å². The topological polar surface area (TPSA) is 80.3 Å². The Morgan fingerprint density at radius 2 is 2.14 bits per heavy atom. The van der Waals surface area contributed by atoms with Crippen LogP contribution in [-0.2, 0) is 14.8 Å². The summed E-state index contributed by atoms with van der Waals surface area (Å²) in [4.78, 5) is 4.25. The van der Waals surface area contributed by atoms with Gasteiger partial charge in [-0.15, -0.1) is 0 Å². The van der Waals surface area contributed by atoms with Gasteiger partial charge in [0.2, 0.25) is 10.0 Å². The minimum atomic E-state index is -3.63. The third-order valence-electron chi connectivity index (χ3n) is 3.87. The Morgan fingerprint density at radius 1 is 1.38 bits per heavy atom. The molecule has 2 unspecified atom stereocenters. The molecule has 0 radical (unpaired) electrons. The van der Waals surface area contributed by atoms with E-state index in [1.54, 1.807) is 19.3 Å². The number of halogens is 1. The molecule has 2 atom stereocenters. The van der Waals surface area contributed by atoms with E-state index in [9.17, 15) is 8.42 Å². The number of aromatic nitrogens is 1. The zero-order valence-electron chi connectivity index (χ0n) is 11.7. The predicted octanol–water partition coefficient (Wildman–Crippen LogP) is 1.73. The van der Waals surface area contributed by atoms with Gasteiger partial charge in [-0.25, -0.2) is 18.1 Å². The molecule has 2 aliphatic rings. The molecular weight excluding hydrogens is 358 g/mol. The fourth-order valence-corrected chi connectivity index (χ4v) is 4.65. The minimum absolute atomic E-state index is 0.0120. The first-order valence-corrected chi connectivity index (χ1v) is 9.26. The van der Waals surface area contributed by atoms with Crippen LogP contribution in [0.15, 0.2) is 21.6 Å². The molecule has 3 rings (SSSR count). The molecule has 1 aromatic heterocycles. The number of hydrogen-bond donors (Lipinski definition) is 2. The van der Waals surface area contributed by atoms with Gasteiger partial charge in [-0.2, -0.15) is 0 Å². The third-order valence-corrected chi connectivity index (χ3v) is 5.81. The number of hydrogen-bond acceptors (Lipinski definition) is 5. The second-order valence-electron chi connectivity index (χ2n) is 5.44. The molecule has 8 heteroatoms. The van der Waals surface area contributed by atoms with Crippen LogP contribution in [0.5, 0.6) is 0 Å². The second kappa shape index (κ2) is 5.83. The molecule has 1 aromatic rings. The van der Waals surface area contributed by atoms with E-state index in [0.717, 1.165) is 19.3 Å². The third kappa shape index (κ3) is 3.23. The van der Waals surface area contributed by atoms with Crippen molar-refractivity contribution in [3.63, 3.8) is 0 Å². The summed E-state index contributed by atoms with van der Waals surface area (Å²) in [6, 6.07) is 1.41. The first kappa shape index (κ1) is 15.2. The molecule has 1 aliphatic carbocycles. The second-order valence-corrected chi connectivity index (χ2v) is 8.04. The summed E-state index contributed by atoms with van der Waals surface area (Å²) in [5.41, 5.74) is 0. The van der Waals surface area contributed by atoms with Crippen LogP contribution >= 0.6 is 15.9 Å². The van der Waals surface area contributed by atoms with Crippen molar-refractivity contribution in [3.05, 3.63) is 16.7 Å². The molecule has 2 N–H and O–H groups in total. The lowest BCUT2D eigenvalue weighted by atomic mass is 10.1. The molecule has 21 heavy (non-hydrogen) atoms. The molecule has 1 saturated carbocycles. The number of anilines is 1. The molecule has 2 fully saturated rings. The molecule has 1 aliphatic heterocycles. The van der Waals surface area contributed by atoms with Crippen LogP contribution in [0.2, 0.25) is 0 Å². The van der Waals surface area contributed by atoms with E-state index in [2.05, 4.69) is 31.0 Å². The molecule has 0 bridgehead atoms. The lowest BCUT2D eigenvalue weighted by molar-refractivity contribution is 0.0848. The summed E-state index contributed by atoms with van der Waals surface area (Å²) in [6.07, 6.45) is 4.55. The van der Waals surface area contributed by atoms with Gasteiger partial charge in [0, 0.05) is 24.3 Å². The smallest absolute Gasteiger partial charge is 0.244 e. The Labute approximate surface area is 132 Å². The van der Waals surface area contributed by atoms with E-state index in [0.29, 0.717) is 22.8 Å². The Morgan fingerprint density at radius 3 is 2.81 bits per heavy atom. The lowest BCUT2D eigenvalue weighted by Gasteiger charge is -2.20. The predicted molar refractivity (Wildman–Crippen MR) is 82.7 cm³/mol. The summed E-state index contributed by atoms with van der Waals surface area (Å²) in [7, 11) is -1.98. The van der Waals surface area contributed by atoms with E-state index in [-0.39, 0.29) is 17.0 Å². The number of sulfonamides is 1. The van der Waals surface area contributed by atoms with Crippen molar-refractivity contribution in [2.45, 2.75) is 36.3 Å². The van der Waals surface area contributed by atoms with Crippen molar-refractivity contribution in [1.82, 2.24) is 9.71 Å². The largest absolute Gasteiger partial charge is 0.376 e. The average Bonchev–Trinajstić information content (AvgIpc) is 3.19. The number of nitrogens with zero attached hydrogens (tertiary/aromatic N) is 1. The molecule has 0 amide bonds. The summed E-state index contributed by atoms with van der Waals surface area (Å²) >= 11 is 3.27. The molecule has 0 aromatic carbocycles. The van der Waals surface area contributed by atoms with Crippen LogP contribution in [0.25, 0.3) is 0 Å². The molecule has 116 valence electrons. The monoisotopic (exact) mass is 375 g/mol. The Kier molecular flexibility index (Phi) is 4.22.